The second-order valence-corrected chi connectivity index (χ2v) is 6.66. The Balaban J connectivity index is 1.79. The van der Waals surface area contributed by atoms with E-state index >= 15 is 0 Å². The van der Waals surface area contributed by atoms with Crippen molar-refractivity contribution < 1.29 is 14.0 Å². The molecule has 0 atom stereocenters. The summed E-state index contributed by atoms with van der Waals surface area (Å²) in [7, 11) is 0. The van der Waals surface area contributed by atoms with E-state index in [1.54, 1.807) is 43.3 Å². The summed E-state index contributed by atoms with van der Waals surface area (Å²) in [6.45, 7) is 5.39. The van der Waals surface area contributed by atoms with E-state index in [4.69, 9.17) is 0 Å². The molecule has 0 spiro atoms. The van der Waals surface area contributed by atoms with E-state index in [0.29, 0.717) is 22.8 Å². The molecule has 0 saturated heterocycles. The number of hydrogen-bond donors (Lipinski definition) is 3. The highest BCUT2D eigenvalue weighted by atomic mass is 19.1. The van der Waals surface area contributed by atoms with Crippen molar-refractivity contribution in [1.29, 1.82) is 0 Å². The maximum Gasteiger partial charge on any atom is 0.319 e. The minimum absolute atomic E-state index is 0.0269. The van der Waals surface area contributed by atoms with Gasteiger partial charge >= 0.3 is 6.03 Å². The summed E-state index contributed by atoms with van der Waals surface area (Å²) < 4.78 is 14.6. The molecular formula is C20H21FN6O2. The zero-order valence-electron chi connectivity index (χ0n) is 16.2. The zero-order chi connectivity index (χ0) is 21.0. The number of aromatic nitrogens is 3. The van der Waals surface area contributed by atoms with Crippen LogP contribution >= 0.6 is 0 Å². The maximum atomic E-state index is 13.1. The number of nitrogens with one attached hydrogen (secondary N) is 3. The third kappa shape index (κ3) is 4.75. The molecule has 3 aromatic rings. The third-order valence-corrected chi connectivity index (χ3v) is 4.02. The molecular weight excluding hydrogens is 375 g/mol. The molecule has 29 heavy (non-hydrogen) atoms. The van der Waals surface area contributed by atoms with Crippen LogP contribution in [0.3, 0.4) is 0 Å². The quantitative estimate of drug-likeness (QED) is 0.614. The van der Waals surface area contributed by atoms with Gasteiger partial charge in [0.05, 0.1) is 22.8 Å². The van der Waals surface area contributed by atoms with E-state index in [1.165, 1.54) is 16.8 Å². The van der Waals surface area contributed by atoms with E-state index in [1.807, 2.05) is 13.8 Å². The molecule has 0 aliphatic rings. The molecule has 1 heterocycles. The van der Waals surface area contributed by atoms with Crippen LogP contribution in [-0.2, 0) is 0 Å². The van der Waals surface area contributed by atoms with Gasteiger partial charge in [-0.25, -0.2) is 13.9 Å². The number of para-hydroxylation sites is 2. The van der Waals surface area contributed by atoms with Crippen molar-refractivity contribution in [2.24, 2.45) is 0 Å². The minimum Gasteiger partial charge on any atom is -0.336 e. The van der Waals surface area contributed by atoms with Crippen molar-refractivity contribution in [1.82, 2.24) is 20.3 Å². The smallest absolute Gasteiger partial charge is 0.319 e. The van der Waals surface area contributed by atoms with Gasteiger partial charge in [0.25, 0.3) is 5.91 Å². The second-order valence-electron chi connectivity index (χ2n) is 6.66. The monoisotopic (exact) mass is 396 g/mol. The van der Waals surface area contributed by atoms with Gasteiger partial charge in [-0.05, 0) is 57.2 Å². The summed E-state index contributed by atoms with van der Waals surface area (Å²) in [5.74, 6) is -0.843. The summed E-state index contributed by atoms with van der Waals surface area (Å²) in [6.07, 6.45) is 0. The van der Waals surface area contributed by atoms with Crippen LogP contribution in [0, 0.1) is 12.7 Å². The Bertz CT molecular complexity index is 1030. The van der Waals surface area contributed by atoms with Crippen molar-refractivity contribution >= 4 is 23.3 Å². The number of urea groups is 1. The van der Waals surface area contributed by atoms with Crippen LogP contribution in [-0.4, -0.2) is 33.0 Å². The topological polar surface area (TPSA) is 101 Å². The first kappa shape index (κ1) is 20.0. The van der Waals surface area contributed by atoms with Crippen LogP contribution in [0.1, 0.15) is 30.0 Å². The zero-order valence-corrected chi connectivity index (χ0v) is 16.2. The number of carbonyl (C=O) groups is 2. The number of rotatable bonds is 5. The fraction of sp³-hybridized carbons (Fsp3) is 0.200. The highest BCUT2D eigenvalue weighted by Crippen LogP contribution is 2.22. The Kier molecular flexibility index (Phi) is 5.87. The fourth-order valence-corrected chi connectivity index (χ4v) is 2.67. The Hall–Kier alpha value is -3.75. The summed E-state index contributed by atoms with van der Waals surface area (Å²) in [4.78, 5) is 24.7. The van der Waals surface area contributed by atoms with Gasteiger partial charge in [0.2, 0.25) is 0 Å². The standard InChI is InChI=1S/C20H21FN6O2/c1-12(2)22-20(29)24-17-7-5-4-6-16(17)23-19(28)18-13(3)27(26-25-18)15-10-8-14(21)9-11-15/h4-12H,1-3H3,(H,23,28)(H2,22,24,29). The SMILES string of the molecule is Cc1c(C(=O)Nc2ccccc2NC(=O)NC(C)C)nnn1-c1ccc(F)cc1. The lowest BCUT2D eigenvalue weighted by atomic mass is 10.2. The molecule has 3 amide bonds. The highest BCUT2D eigenvalue weighted by molar-refractivity contribution is 6.06. The fourth-order valence-electron chi connectivity index (χ4n) is 2.67. The lowest BCUT2D eigenvalue weighted by molar-refractivity contribution is 0.102. The maximum absolute atomic E-state index is 13.1. The van der Waals surface area contributed by atoms with Crippen LogP contribution in [0.15, 0.2) is 48.5 Å². The van der Waals surface area contributed by atoms with E-state index in [9.17, 15) is 14.0 Å². The average molecular weight is 396 g/mol. The Morgan fingerprint density at radius 1 is 1.00 bits per heavy atom. The lowest BCUT2D eigenvalue weighted by Gasteiger charge is -2.14. The van der Waals surface area contributed by atoms with Crippen molar-refractivity contribution in [2.75, 3.05) is 10.6 Å². The molecule has 0 aliphatic heterocycles. The molecule has 3 rings (SSSR count). The molecule has 0 aliphatic carbocycles. The van der Waals surface area contributed by atoms with Gasteiger partial charge in [-0.2, -0.15) is 0 Å². The third-order valence-electron chi connectivity index (χ3n) is 4.02. The average Bonchev–Trinajstić information content (AvgIpc) is 3.05. The number of hydrogen-bond acceptors (Lipinski definition) is 4. The first-order valence-corrected chi connectivity index (χ1v) is 9.01. The Labute approximate surface area is 167 Å². The van der Waals surface area contributed by atoms with E-state index in [-0.39, 0.29) is 23.6 Å². The van der Waals surface area contributed by atoms with Crippen LogP contribution in [0.2, 0.25) is 0 Å². The van der Waals surface area contributed by atoms with Crippen molar-refractivity contribution in [3.05, 3.63) is 65.7 Å². The highest BCUT2D eigenvalue weighted by Gasteiger charge is 2.19. The van der Waals surface area contributed by atoms with E-state index in [0.717, 1.165) is 0 Å². The van der Waals surface area contributed by atoms with E-state index in [2.05, 4.69) is 26.3 Å². The van der Waals surface area contributed by atoms with Gasteiger partial charge in [0, 0.05) is 6.04 Å². The predicted octanol–water partition coefficient (Wildman–Crippen LogP) is 3.50. The summed E-state index contributed by atoms with van der Waals surface area (Å²) in [6, 6.07) is 12.1. The van der Waals surface area contributed by atoms with Crippen LogP contribution in [0.4, 0.5) is 20.6 Å². The predicted molar refractivity (Wildman–Crippen MR) is 108 cm³/mol. The van der Waals surface area contributed by atoms with Gasteiger partial charge in [0.1, 0.15) is 5.82 Å². The second kappa shape index (κ2) is 8.51. The number of benzene rings is 2. The lowest BCUT2D eigenvalue weighted by Crippen LogP contribution is -2.34. The Morgan fingerprint density at radius 2 is 1.62 bits per heavy atom. The number of anilines is 2. The van der Waals surface area contributed by atoms with Crippen molar-refractivity contribution in [2.45, 2.75) is 26.8 Å². The largest absolute Gasteiger partial charge is 0.336 e. The van der Waals surface area contributed by atoms with Gasteiger partial charge in [-0.15, -0.1) is 5.10 Å². The molecule has 0 unspecified atom stereocenters. The Morgan fingerprint density at radius 3 is 2.24 bits per heavy atom. The molecule has 3 N–H and O–H groups in total. The van der Waals surface area contributed by atoms with Gasteiger partial charge in [0.15, 0.2) is 5.69 Å². The van der Waals surface area contributed by atoms with Crippen molar-refractivity contribution in [3.63, 3.8) is 0 Å². The van der Waals surface area contributed by atoms with Gasteiger partial charge < -0.3 is 16.0 Å². The number of carbonyl (C=O) groups excluding carboxylic acids is 2. The van der Waals surface area contributed by atoms with Crippen molar-refractivity contribution in [3.8, 4) is 5.69 Å². The van der Waals surface area contributed by atoms with Crippen LogP contribution in [0.25, 0.3) is 5.69 Å². The van der Waals surface area contributed by atoms with Crippen LogP contribution in [0.5, 0.6) is 0 Å². The van der Waals surface area contributed by atoms with Gasteiger partial charge in [-0.3, -0.25) is 4.79 Å². The summed E-state index contributed by atoms with van der Waals surface area (Å²) >= 11 is 0. The summed E-state index contributed by atoms with van der Waals surface area (Å²) in [5.41, 5.74) is 2.07. The molecule has 0 saturated carbocycles. The first-order valence-electron chi connectivity index (χ1n) is 9.01. The minimum atomic E-state index is -0.477. The molecule has 0 fully saturated rings. The number of amides is 3. The normalized spacial score (nSPS) is 10.7. The molecule has 2 aromatic carbocycles. The van der Waals surface area contributed by atoms with E-state index < -0.39 is 5.91 Å². The molecule has 0 bridgehead atoms. The molecule has 0 radical (unpaired) electrons. The molecule has 150 valence electrons. The van der Waals surface area contributed by atoms with Crippen LogP contribution < -0.4 is 16.0 Å². The number of halogens is 1. The molecule has 1 aromatic heterocycles. The number of nitrogens with zero attached hydrogens (tertiary/aromatic N) is 3. The first-order chi connectivity index (χ1) is 13.8. The molecule has 9 heteroatoms. The molecule has 8 nitrogen and oxygen atoms in total. The van der Waals surface area contributed by atoms with Gasteiger partial charge in [-0.1, -0.05) is 17.3 Å². The summed E-state index contributed by atoms with van der Waals surface area (Å²) in [5, 5.41) is 16.1.